The summed E-state index contributed by atoms with van der Waals surface area (Å²) in [4.78, 5) is 10.6. The lowest BCUT2D eigenvalue weighted by atomic mass is 10.2. The van der Waals surface area contributed by atoms with Gasteiger partial charge in [0.15, 0.2) is 6.10 Å². The minimum absolute atomic E-state index is 0.119. The zero-order valence-corrected chi connectivity index (χ0v) is 9.78. The van der Waals surface area contributed by atoms with E-state index >= 15 is 0 Å². The fraction of sp³-hybridized carbons (Fsp3) is 1.00. The molecule has 1 aliphatic heterocycles. The molecule has 0 spiro atoms. The average molecular weight is 243 g/mol. The van der Waals surface area contributed by atoms with E-state index < -0.39 is 12.1 Å². The second-order valence-electron chi connectivity index (χ2n) is 5.06. The van der Waals surface area contributed by atoms with Crippen LogP contribution < -0.4 is 0 Å². The Hall–Kier alpha value is -0.720. The lowest BCUT2D eigenvalue weighted by Crippen LogP contribution is -2.39. The maximum absolute atomic E-state index is 10.9. The second-order valence-corrected chi connectivity index (χ2v) is 5.06. The summed E-state index contributed by atoms with van der Waals surface area (Å²) in [6.07, 6.45) is 3.48. The standard InChI is InChI=1S/C11H17NO5/c1-15-10-6(12(13)14)2-3-7(10)16-8-4-5-9-11(8)17-9/h6-11H,2-5H2,1H3. The first-order chi connectivity index (χ1) is 8.20. The molecule has 17 heavy (non-hydrogen) atoms. The van der Waals surface area contributed by atoms with E-state index in [1.54, 1.807) is 0 Å². The van der Waals surface area contributed by atoms with E-state index in [1.807, 2.05) is 0 Å². The van der Waals surface area contributed by atoms with Gasteiger partial charge in [-0.15, -0.1) is 0 Å². The molecule has 1 saturated heterocycles. The first kappa shape index (κ1) is 11.4. The summed E-state index contributed by atoms with van der Waals surface area (Å²) >= 11 is 0. The topological polar surface area (TPSA) is 74.1 Å². The van der Waals surface area contributed by atoms with Crippen LogP contribution in [0.5, 0.6) is 0 Å². The van der Waals surface area contributed by atoms with Crippen molar-refractivity contribution in [1.82, 2.24) is 0 Å². The van der Waals surface area contributed by atoms with Crippen LogP contribution >= 0.6 is 0 Å². The van der Waals surface area contributed by atoms with Crippen LogP contribution in [0.1, 0.15) is 25.7 Å². The van der Waals surface area contributed by atoms with Gasteiger partial charge in [0.05, 0.1) is 18.3 Å². The van der Waals surface area contributed by atoms with Crippen molar-refractivity contribution in [3.05, 3.63) is 10.1 Å². The molecule has 0 aromatic heterocycles. The van der Waals surface area contributed by atoms with Crippen molar-refractivity contribution >= 4 is 0 Å². The summed E-state index contributed by atoms with van der Waals surface area (Å²) in [5, 5.41) is 10.9. The molecule has 6 unspecified atom stereocenters. The highest BCUT2D eigenvalue weighted by molar-refractivity contribution is 5.00. The van der Waals surface area contributed by atoms with Crippen molar-refractivity contribution in [3.63, 3.8) is 0 Å². The summed E-state index contributed by atoms with van der Waals surface area (Å²) in [5.74, 6) is 0. The van der Waals surface area contributed by atoms with Gasteiger partial charge in [0.1, 0.15) is 6.10 Å². The minimum atomic E-state index is -0.623. The summed E-state index contributed by atoms with van der Waals surface area (Å²) in [7, 11) is 1.52. The van der Waals surface area contributed by atoms with Crippen LogP contribution in [0.4, 0.5) is 0 Å². The van der Waals surface area contributed by atoms with Crippen LogP contribution in [0, 0.1) is 10.1 Å². The monoisotopic (exact) mass is 243 g/mol. The molecule has 6 nitrogen and oxygen atoms in total. The van der Waals surface area contributed by atoms with Crippen LogP contribution in [0.25, 0.3) is 0 Å². The van der Waals surface area contributed by atoms with Gasteiger partial charge in [0.2, 0.25) is 6.04 Å². The predicted octanol–water partition coefficient (Wildman–Crippen LogP) is 0.756. The van der Waals surface area contributed by atoms with Gasteiger partial charge in [-0.2, -0.15) is 0 Å². The minimum Gasteiger partial charge on any atom is -0.372 e. The van der Waals surface area contributed by atoms with E-state index in [2.05, 4.69) is 0 Å². The highest BCUT2D eigenvalue weighted by Gasteiger charge is 2.54. The van der Waals surface area contributed by atoms with Crippen molar-refractivity contribution in [1.29, 1.82) is 0 Å². The summed E-state index contributed by atoms with van der Waals surface area (Å²) in [6.45, 7) is 0. The fourth-order valence-corrected chi connectivity index (χ4v) is 3.17. The Morgan fingerprint density at radius 1 is 1.24 bits per heavy atom. The number of nitro groups is 1. The van der Waals surface area contributed by atoms with E-state index in [4.69, 9.17) is 14.2 Å². The molecule has 0 radical (unpaired) electrons. The fourth-order valence-electron chi connectivity index (χ4n) is 3.17. The lowest BCUT2D eigenvalue weighted by Gasteiger charge is -2.23. The molecule has 3 rings (SSSR count). The molecule has 0 aromatic carbocycles. The summed E-state index contributed by atoms with van der Waals surface area (Å²) in [6, 6.07) is -0.623. The molecule has 6 heteroatoms. The number of fused-ring (bicyclic) bond motifs is 1. The van der Waals surface area contributed by atoms with E-state index in [0.717, 1.165) is 12.8 Å². The number of rotatable bonds is 4. The molecular weight excluding hydrogens is 226 g/mol. The van der Waals surface area contributed by atoms with Gasteiger partial charge in [0.25, 0.3) is 0 Å². The maximum atomic E-state index is 10.9. The molecule has 3 aliphatic rings. The van der Waals surface area contributed by atoms with Crippen LogP contribution in [-0.4, -0.2) is 48.6 Å². The quantitative estimate of drug-likeness (QED) is 0.414. The van der Waals surface area contributed by atoms with E-state index in [9.17, 15) is 10.1 Å². The van der Waals surface area contributed by atoms with Crippen molar-refractivity contribution in [2.75, 3.05) is 7.11 Å². The Morgan fingerprint density at radius 3 is 2.53 bits per heavy atom. The SMILES string of the molecule is COC1C(OC2CCC3OC23)CCC1[N+](=O)[O-]. The molecule has 2 aliphatic carbocycles. The number of hydrogen-bond donors (Lipinski definition) is 0. The van der Waals surface area contributed by atoms with Gasteiger partial charge >= 0.3 is 0 Å². The average Bonchev–Trinajstić information content (AvgIpc) is 2.81. The van der Waals surface area contributed by atoms with E-state index in [0.29, 0.717) is 18.9 Å². The normalized spacial score (nSPS) is 48.1. The Kier molecular flexibility index (Phi) is 2.80. The first-order valence-electron chi connectivity index (χ1n) is 6.18. The number of nitrogens with zero attached hydrogens (tertiary/aromatic N) is 1. The van der Waals surface area contributed by atoms with Crippen LogP contribution in [0.2, 0.25) is 0 Å². The third-order valence-electron chi connectivity index (χ3n) is 4.11. The van der Waals surface area contributed by atoms with Crippen molar-refractivity contribution in [2.45, 2.75) is 62.2 Å². The van der Waals surface area contributed by atoms with E-state index in [1.165, 1.54) is 7.11 Å². The molecule has 3 fully saturated rings. The molecular formula is C11H17NO5. The number of methoxy groups -OCH3 is 1. The third-order valence-corrected chi connectivity index (χ3v) is 4.11. The number of ether oxygens (including phenoxy) is 3. The van der Waals surface area contributed by atoms with Gasteiger partial charge in [-0.3, -0.25) is 10.1 Å². The highest BCUT2D eigenvalue weighted by Crippen LogP contribution is 2.42. The summed E-state index contributed by atoms with van der Waals surface area (Å²) < 4.78 is 16.6. The van der Waals surface area contributed by atoms with Gasteiger partial charge in [0, 0.05) is 18.5 Å². The van der Waals surface area contributed by atoms with Gasteiger partial charge < -0.3 is 14.2 Å². The van der Waals surface area contributed by atoms with Crippen LogP contribution in [0.3, 0.4) is 0 Å². The van der Waals surface area contributed by atoms with E-state index in [-0.39, 0.29) is 23.2 Å². The maximum Gasteiger partial charge on any atom is 0.241 e. The lowest BCUT2D eigenvalue weighted by molar-refractivity contribution is -0.532. The Morgan fingerprint density at radius 2 is 2.00 bits per heavy atom. The molecule has 1 heterocycles. The molecule has 6 atom stereocenters. The molecule has 2 saturated carbocycles. The second kappa shape index (κ2) is 4.19. The van der Waals surface area contributed by atoms with Crippen molar-refractivity contribution in [3.8, 4) is 0 Å². The largest absolute Gasteiger partial charge is 0.372 e. The molecule has 0 amide bonds. The summed E-state index contributed by atoms with van der Waals surface area (Å²) in [5.41, 5.74) is 0. The molecule has 0 aromatic rings. The zero-order chi connectivity index (χ0) is 12.0. The number of epoxide rings is 1. The molecule has 0 N–H and O–H groups in total. The number of hydrogen-bond acceptors (Lipinski definition) is 5. The Balaban J connectivity index is 1.61. The van der Waals surface area contributed by atoms with Gasteiger partial charge in [-0.25, -0.2) is 0 Å². The Bertz CT molecular complexity index is 323. The first-order valence-corrected chi connectivity index (χ1v) is 6.18. The zero-order valence-electron chi connectivity index (χ0n) is 9.78. The predicted molar refractivity (Wildman–Crippen MR) is 57.4 cm³/mol. The third kappa shape index (κ3) is 1.94. The van der Waals surface area contributed by atoms with Gasteiger partial charge in [-0.1, -0.05) is 0 Å². The Labute approximate surface area is 99.4 Å². The van der Waals surface area contributed by atoms with Crippen molar-refractivity contribution in [2.24, 2.45) is 0 Å². The van der Waals surface area contributed by atoms with Gasteiger partial charge in [-0.05, 0) is 19.3 Å². The van der Waals surface area contributed by atoms with Crippen LogP contribution in [0.15, 0.2) is 0 Å². The smallest absolute Gasteiger partial charge is 0.241 e. The molecule has 96 valence electrons. The molecule has 0 bridgehead atoms. The van der Waals surface area contributed by atoms with Crippen molar-refractivity contribution < 1.29 is 19.1 Å². The highest BCUT2D eigenvalue weighted by atomic mass is 16.6. The van der Waals surface area contributed by atoms with Crippen LogP contribution in [-0.2, 0) is 14.2 Å².